The second-order valence-electron chi connectivity index (χ2n) is 5.33. The molecular formula is C17H20N2O4S. The van der Waals surface area contributed by atoms with E-state index in [0.717, 1.165) is 4.88 Å². The van der Waals surface area contributed by atoms with Gasteiger partial charge in [0.05, 0.1) is 23.8 Å². The summed E-state index contributed by atoms with van der Waals surface area (Å²) in [5.74, 6) is -0.331. The minimum Gasteiger partial charge on any atom is -0.475 e. The number of thiophene rings is 1. The fourth-order valence-corrected chi connectivity index (χ4v) is 2.86. The molecule has 0 fully saturated rings. The number of pyridine rings is 1. The molecule has 6 nitrogen and oxygen atoms in total. The lowest BCUT2D eigenvalue weighted by Gasteiger charge is -2.09. The highest BCUT2D eigenvalue weighted by molar-refractivity contribution is 7.16. The van der Waals surface area contributed by atoms with Crippen molar-refractivity contribution in [1.29, 1.82) is 0 Å². The standard InChI is InChI=1S/C17H20N2O4S/c1-5-22-17(21)13-8-11(4)24-16(13)19-15(20)12-6-7-14(18-9-12)23-10(2)3/h6-10H,5H2,1-4H3,(H,19,20). The quantitative estimate of drug-likeness (QED) is 0.806. The second-order valence-corrected chi connectivity index (χ2v) is 6.58. The average Bonchev–Trinajstić information content (AvgIpc) is 2.88. The van der Waals surface area contributed by atoms with Crippen LogP contribution in [0.1, 0.15) is 46.4 Å². The van der Waals surface area contributed by atoms with E-state index in [9.17, 15) is 9.59 Å². The Bertz CT molecular complexity index is 723. The average molecular weight is 348 g/mol. The number of anilines is 1. The maximum absolute atomic E-state index is 12.4. The third kappa shape index (κ3) is 4.55. The molecule has 0 aromatic carbocycles. The van der Waals surface area contributed by atoms with Crippen molar-refractivity contribution in [2.24, 2.45) is 0 Å². The Morgan fingerprint density at radius 3 is 2.67 bits per heavy atom. The number of rotatable bonds is 6. The Hall–Kier alpha value is -2.41. The van der Waals surface area contributed by atoms with Crippen molar-refractivity contribution in [2.75, 3.05) is 11.9 Å². The van der Waals surface area contributed by atoms with E-state index < -0.39 is 5.97 Å². The van der Waals surface area contributed by atoms with Gasteiger partial charge in [-0.05, 0) is 39.8 Å². The molecule has 2 heterocycles. The number of carbonyl (C=O) groups is 2. The van der Waals surface area contributed by atoms with E-state index in [1.54, 1.807) is 25.1 Å². The Labute approximate surface area is 144 Å². The molecule has 0 aliphatic rings. The molecule has 128 valence electrons. The molecule has 0 spiro atoms. The van der Waals surface area contributed by atoms with E-state index in [1.807, 2.05) is 20.8 Å². The Balaban J connectivity index is 2.13. The van der Waals surface area contributed by atoms with Crippen molar-refractivity contribution in [2.45, 2.75) is 33.8 Å². The van der Waals surface area contributed by atoms with E-state index in [2.05, 4.69) is 10.3 Å². The van der Waals surface area contributed by atoms with Crippen LogP contribution in [0.3, 0.4) is 0 Å². The van der Waals surface area contributed by atoms with Gasteiger partial charge < -0.3 is 14.8 Å². The van der Waals surface area contributed by atoms with Gasteiger partial charge in [-0.2, -0.15) is 0 Å². The van der Waals surface area contributed by atoms with Crippen LogP contribution in [-0.4, -0.2) is 29.6 Å². The lowest BCUT2D eigenvalue weighted by Crippen LogP contribution is -2.15. The highest BCUT2D eigenvalue weighted by atomic mass is 32.1. The van der Waals surface area contributed by atoms with Crippen LogP contribution in [-0.2, 0) is 4.74 Å². The number of aromatic nitrogens is 1. The Morgan fingerprint density at radius 1 is 1.33 bits per heavy atom. The van der Waals surface area contributed by atoms with Crippen LogP contribution in [0.2, 0.25) is 0 Å². The van der Waals surface area contributed by atoms with E-state index >= 15 is 0 Å². The first kappa shape index (κ1) is 17.9. The normalized spacial score (nSPS) is 10.5. The first-order valence-corrected chi connectivity index (χ1v) is 8.44. The summed E-state index contributed by atoms with van der Waals surface area (Å²) in [7, 11) is 0. The van der Waals surface area contributed by atoms with Crippen molar-refractivity contribution in [3.63, 3.8) is 0 Å². The van der Waals surface area contributed by atoms with Crippen LogP contribution in [0.25, 0.3) is 0 Å². The molecule has 7 heteroatoms. The molecule has 2 rings (SSSR count). The Kier molecular flexibility index (Phi) is 5.92. The van der Waals surface area contributed by atoms with Gasteiger partial charge in [0.15, 0.2) is 0 Å². The van der Waals surface area contributed by atoms with Crippen molar-refractivity contribution in [1.82, 2.24) is 4.98 Å². The van der Waals surface area contributed by atoms with E-state index in [4.69, 9.17) is 9.47 Å². The van der Waals surface area contributed by atoms with Crippen LogP contribution in [0.4, 0.5) is 5.00 Å². The number of nitrogens with zero attached hydrogens (tertiary/aromatic N) is 1. The zero-order chi connectivity index (χ0) is 17.7. The lowest BCUT2D eigenvalue weighted by atomic mass is 10.2. The largest absolute Gasteiger partial charge is 0.475 e. The lowest BCUT2D eigenvalue weighted by molar-refractivity contribution is 0.0528. The van der Waals surface area contributed by atoms with Gasteiger partial charge >= 0.3 is 5.97 Å². The third-order valence-corrected chi connectivity index (χ3v) is 3.90. The first-order chi connectivity index (χ1) is 11.4. The van der Waals surface area contributed by atoms with Crippen molar-refractivity contribution < 1.29 is 19.1 Å². The predicted molar refractivity (Wildman–Crippen MR) is 93.0 cm³/mol. The molecular weight excluding hydrogens is 328 g/mol. The fourth-order valence-electron chi connectivity index (χ4n) is 1.97. The number of hydrogen-bond donors (Lipinski definition) is 1. The zero-order valence-electron chi connectivity index (χ0n) is 14.1. The third-order valence-electron chi connectivity index (χ3n) is 2.93. The number of nitrogens with one attached hydrogen (secondary N) is 1. The maximum atomic E-state index is 12.4. The molecule has 0 unspecified atom stereocenters. The monoisotopic (exact) mass is 348 g/mol. The summed E-state index contributed by atoms with van der Waals surface area (Å²) in [5, 5.41) is 3.22. The SMILES string of the molecule is CCOC(=O)c1cc(C)sc1NC(=O)c1ccc(OC(C)C)nc1. The van der Waals surface area contributed by atoms with Gasteiger partial charge in [-0.1, -0.05) is 0 Å². The minimum atomic E-state index is -0.448. The van der Waals surface area contributed by atoms with E-state index in [1.165, 1.54) is 17.5 Å². The Morgan fingerprint density at radius 2 is 2.08 bits per heavy atom. The summed E-state index contributed by atoms with van der Waals surface area (Å²) in [6, 6.07) is 4.97. The number of ether oxygens (including phenoxy) is 2. The van der Waals surface area contributed by atoms with Gasteiger partial charge in [-0.3, -0.25) is 4.79 Å². The summed E-state index contributed by atoms with van der Waals surface area (Å²) in [5.41, 5.74) is 0.743. The molecule has 0 radical (unpaired) electrons. The summed E-state index contributed by atoms with van der Waals surface area (Å²) in [6.07, 6.45) is 1.45. The smallest absolute Gasteiger partial charge is 0.341 e. The molecule has 0 saturated carbocycles. The number of amides is 1. The number of aryl methyl sites for hydroxylation is 1. The molecule has 0 aliphatic carbocycles. The highest BCUT2D eigenvalue weighted by Crippen LogP contribution is 2.28. The predicted octanol–water partition coefficient (Wildman–Crippen LogP) is 3.67. The summed E-state index contributed by atoms with van der Waals surface area (Å²) in [4.78, 5) is 29.3. The van der Waals surface area contributed by atoms with Gasteiger partial charge in [0.2, 0.25) is 5.88 Å². The van der Waals surface area contributed by atoms with Crippen LogP contribution >= 0.6 is 11.3 Å². The summed E-state index contributed by atoms with van der Waals surface area (Å²) < 4.78 is 10.5. The van der Waals surface area contributed by atoms with Crippen molar-refractivity contribution in [3.8, 4) is 5.88 Å². The number of carbonyl (C=O) groups excluding carboxylic acids is 2. The van der Waals surface area contributed by atoms with Crippen molar-refractivity contribution in [3.05, 3.63) is 40.4 Å². The van der Waals surface area contributed by atoms with Crippen LogP contribution in [0, 0.1) is 6.92 Å². The molecule has 1 N–H and O–H groups in total. The number of esters is 1. The zero-order valence-corrected chi connectivity index (χ0v) is 14.9. The molecule has 0 aliphatic heterocycles. The fraction of sp³-hybridized carbons (Fsp3) is 0.353. The topological polar surface area (TPSA) is 77.5 Å². The molecule has 24 heavy (non-hydrogen) atoms. The number of hydrogen-bond acceptors (Lipinski definition) is 6. The summed E-state index contributed by atoms with van der Waals surface area (Å²) >= 11 is 1.33. The van der Waals surface area contributed by atoms with E-state index in [-0.39, 0.29) is 18.6 Å². The van der Waals surface area contributed by atoms with Gasteiger partial charge in [0.25, 0.3) is 5.91 Å². The summed E-state index contributed by atoms with van der Waals surface area (Å²) in [6.45, 7) is 7.68. The highest BCUT2D eigenvalue weighted by Gasteiger charge is 2.18. The minimum absolute atomic E-state index is 0.0124. The van der Waals surface area contributed by atoms with Crippen LogP contribution < -0.4 is 10.1 Å². The van der Waals surface area contributed by atoms with Gasteiger partial charge in [0, 0.05) is 17.1 Å². The molecule has 2 aromatic heterocycles. The van der Waals surface area contributed by atoms with E-state index in [0.29, 0.717) is 22.0 Å². The molecule has 0 bridgehead atoms. The first-order valence-electron chi connectivity index (χ1n) is 7.62. The van der Waals surface area contributed by atoms with Gasteiger partial charge in [-0.15, -0.1) is 11.3 Å². The molecule has 2 aromatic rings. The van der Waals surface area contributed by atoms with Crippen LogP contribution in [0.15, 0.2) is 24.4 Å². The maximum Gasteiger partial charge on any atom is 0.341 e. The molecule has 1 amide bonds. The van der Waals surface area contributed by atoms with Gasteiger partial charge in [-0.25, -0.2) is 9.78 Å². The molecule has 0 saturated heterocycles. The second kappa shape index (κ2) is 7.92. The van der Waals surface area contributed by atoms with Crippen LogP contribution in [0.5, 0.6) is 5.88 Å². The van der Waals surface area contributed by atoms with Crippen molar-refractivity contribution >= 4 is 28.2 Å². The molecule has 0 atom stereocenters. The van der Waals surface area contributed by atoms with Gasteiger partial charge in [0.1, 0.15) is 5.00 Å².